The topological polar surface area (TPSA) is 101 Å². The number of hydrogen-bond acceptors (Lipinski definition) is 5. The van der Waals surface area contributed by atoms with Crippen molar-refractivity contribution in [3.8, 4) is 0 Å². The Morgan fingerprint density at radius 2 is 2.44 bits per heavy atom. The Labute approximate surface area is 106 Å². The monoisotopic (exact) mass is 274 g/mol. The maximum atomic E-state index is 12.4. The van der Waals surface area contributed by atoms with Gasteiger partial charge >= 0.3 is 0 Å². The molecule has 1 aliphatic rings. The quantitative estimate of drug-likeness (QED) is 0.755. The van der Waals surface area contributed by atoms with E-state index >= 15 is 0 Å². The van der Waals surface area contributed by atoms with Crippen LogP contribution in [0.1, 0.15) is 12.0 Å². The summed E-state index contributed by atoms with van der Waals surface area (Å²) in [4.78, 5) is 0. The third-order valence-corrected chi connectivity index (χ3v) is 5.03. The molecule has 1 fully saturated rings. The molecular formula is C10H18N4O3S. The molecule has 0 bridgehead atoms. The van der Waals surface area contributed by atoms with Gasteiger partial charge in [0.15, 0.2) is 5.03 Å². The van der Waals surface area contributed by atoms with E-state index < -0.39 is 10.0 Å². The van der Waals surface area contributed by atoms with Gasteiger partial charge in [-0.1, -0.05) is 0 Å². The standard InChI is InChI=1S/C10H18N4O3S/c1-17-7-8-2-3-14(6-8)18(15,16)10-9(4-11)5-12-13-10/h5,8H,2-4,6-7,11H2,1H3,(H,12,13). The first kappa shape index (κ1) is 13.5. The highest BCUT2D eigenvalue weighted by atomic mass is 32.2. The van der Waals surface area contributed by atoms with Crippen LogP contribution in [0.15, 0.2) is 11.2 Å². The van der Waals surface area contributed by atoms with E-state index in [1.165, 1.54) is 10.5 Å². The SMILES string of the molecule is COCC1CCN(S(=O)(=O)c2[nH]ncc2CN)C1. The zero-order chi connectivity index (χ0) is 13.2. The van der Waals surface area contributed by atoms with Gasteiger partial charge in [0.25, 0.3) is 10.0 Å². The third kappa shape index (κ3) is 2.41. The molecule has 1 unspecified atom stereocenters. The van der Waals surface area contributed by atoms with Gasteiger partial charge in [0.1, 0.15) is 0 Å². The number of methoxy groups -OCH3 is 1. The predicted octanol–water partition coefficient (Wildman–Crippen LogP) is -0.475. The van der Waals surface area contributed by atoms with E-state index in [1.54, 1.807) is 7.11 Å². The van der Waals surface area contributed by atoms with Gasteiger partial charge in [-0.3, -0.25) is 5.10 Å². The largest absolute Gasteiger partial charge is 0.384 e. The van der Waals surface area contributed by atoms with Crippen LogP contribution in [-0.4, -0.2) is 49.7 Å². The molecule has 0 amide bonds. The number of aromatic amines is 1. The summed E-state index contributed by atoms with van der Waals surface area (Å²) in [5, 5.41) is 6.39. The lowest BCUT2D eigenvalue weighted by molar-refractivity contribution is 0.157. The van der Waals surface area contributed by atoms with E-state index in [1.807, 2.05) is 0 Å². The van der Waals surface area contributed by atoms with Crippen LogP contribution in [0.25, 0.3) is 0 Å². The number of H-pyrrole nitrogens is 1. The van der Waals surface area contributed by atoms with Crippen molar-refractivity contribution in [2.45, 2.75) is 18.0 Å². The number of sulfonamides is 1. The predicted molar refractivity (Wildman–Crippen MR) is 65.2 cm³/mol. The molecule has 0 aliphatic carbocycles. The first-order chi connectivity index (χ1) is 8.59. The zero-order valence-corrected chi connectivity index (χ0v) is 11.1. The second kappa shape index (κ2) is 5.35. The minimum absolute atomic E-state index is 0.114. The highest BCUT2D eigenvalue weighted by Crippen LogP contribution is 2.24. The van der Waals surface area contributed by atoms with Crippen molar-refractivity contribution in [2.75, 3.05) is 26.8 Å². The third-order valence-electron chi connectivity index (χ3n) is 3.15. The van der Waals surface area contributed by atoms with Crippen molar-refractivity contribution >= 4 is 10.0 Å². The van der Waals surface area contributed by atoms with E-state index in [2.05, 4.69) is 10.2 Å². The lowest BCUT2D eigenvalue weighted by atomic mass is 10.1. The van der Waals surface area contributed by atoms with Crippen molar-refractivity contribution in [2.24, 2.45) is 11.7 Å². The van der Waals surface area contributed by atoms with E-state index in [0.29, 0.717) is 25.3 Å². The number of hydrogen-bond donors (Lipinski definition) is 2. The highest BCUT2D eigenvalue weighted by Gasteiger charge is 2.34. The van der Waals surface area contributed by atoms with E-state index in [0.717, 1.165) is 6.42 Å². The summed E-state index contributed by atoms with van der Waals surface area (Å²) in [6, 6.07) is 0. The fourth-order valence-corrected chi connectivity index (χ4v) is 3.83. The fraction of sp³-hybridized carbons (Fsp3) is 0.700. The summed E-state index contributed by atoms with van der Waals surface area (Å²) < 4.78 is 31.3. The van der Waals surface area contributed by atoms with E-state index in [-0.39, 0.29) is 17.5 Å². The lowest BCUT2D eigenvalue weighted by Gasteiger charge is -2.16. The molecule has 0 aromatic carbocycles. The van der Waals surface area contributed by atoms with Gasteiger partial charge in [0.2, 0.25) is 0 Å². The van der Waals surface area contributed by atoms with Gasteiger partial charge in [-0.05, 0) is 12.3 Å². The molecule has 1 aromatic rings. The number of ether oxygens (including phenoxy) is 1. The molecule has 2 rings (SSSR count). The maximum Gasteiger partial charge on any atom is 0.260 e. The number of nitrogens with two attached hydrogens (primary N) is 1. The summed E-state index contributed by atoms with van der Waals surface area (Å²) in [6.45, 7) is 1.73. The summed E-state index contributed by atoms with van der Waals surface area (Å²) in [5.41, 5.74) is 6.02. The first-order valence-corrected chi connectivity index (χ1v) is 7.25. The van der Waals surface area contributed by atoms with Crippen LogP contribution in [0.3, 0.4) is 0 Å². The van der Waals surface area contributed by atoms with Crippen LogP contribution >= 0.6 is 0 Å². The molecule has 1 saturated heterocycles. The summed E-state index contributed by atoms with van der Waals surface area (Å²) >= 11 is 0. The smallest absolute Gasteiger partial charge is 0.260 e. The second-order valence-corrected chi connectivity index (χ2v) is 6.28. The fourth-order valence-electron chi connectivity index (χ4n) is 2.18. The number of rotatable bonds is 5. The molecule has 1 aliphatic heterocycles. The van der Waals surface area contributed by atoms with E-state index in [9.17, 15) is 8.42 Å². The van der Waals surface area contributed by atoms with Crippen LogP contribution in [0.4, 0.5) is 0 Å². The Bertz CT molecular complexity index is 499. The Hall–Kier alpha value is -0.960. The second-order valence-electron chi connectivity index (χ2n) is 4.40. The molecule has 1 atom stereocenters. The Morgan fingerprint density at radius 3 is 3.11 bits per heavy atom. The molecule has 8 heteroatoms. The Morgan fingerprint density at radius 1 is 1.67 bits per heavy atom. The van der Waals surface area contributed by atoms with Crippen LogP contribution in [-0.2, 0) is 21.3 Å². The van der Waals surface area contributed by atoms with Crippen molar-refractivity contribution in [3.05, 3.63) is 11.8 Å². The Kier molecular flexibility index (Phi) is 4.00. The van der Waals surface area contributed by atoms with Gasteiger partial charge in [-0.15, -0.1) is 0 Å². The summed E-state index contributed by atoms with van der Waals surface area (Å²) in [7, 11) is -1.89. The normalized spacial score (nSPS) is 21.6. The van der Waals surface area contributed by atoms with Crippen molar-refractivity contribution in [1.29, 1.82) is 0 Å². The minimum atomic E-state index is -3.51. The maximum absolute atomic E-state index is 12.4. The minimum Gasteiger partial charge on any atom is -0.384 e. The number of nitrogens with zero attached hydrogens (tertiary/aromatic N) is 2. The van der Waals surface area contributed by atoms with Gasteiger partial charge < -0.3 is 10.5 Å². The van der Waals surface area contributed by atoms with Crippen molar-refractivity contribution in [3.63, 3.8) is 0 Å². The molecule has 0 spiro atoms. The average molecular weight is 274 g/mol. The molecule has 7 nitrogen and oxygen atoms in total. The summed E-state index contributed by atoms with van der Waals surface area (Å²) in [6.07, 6.45) is 2.27. The molecular weight excluding hydrogens is 256 g/mol. The zero-order valence-electron chi connectivity index (χ0n) is 10.3. The van der Waals surface area contributed by atoms with Crippen LogP contribution in [0, 0.1) is 5.92 Å². The lowest BCUT2D eigenvalue weighted by Crippen LogP contribution is -2.30. The molecule has 102 valence electrons. The molecule has 18 heavy (non-hydrogen) atoms. The van der Waals surface area contributed by atoms with Crippen molar-refractivity contribution < 1.29 is 13.2 Å². The molecule has 0 radical (unpaired) electrons. The van der Waals surface area contributed by atoms with Gasteiger partial charge in [-0.25, -0.2) is 8.42 Å². The van der Waals surface area contributed by atoms with E-state index in [4.69, 9.17) is 10.5 Å². The molecule has 2 heterocycles. The molecule has 1 aromatic heterocycles. The van der Waals surface area contributed by atoms with Crippen LogP contribution in [0.2, 0.25) is 0 Å². The first-order valence-electron chi connectivity index (χ1n) is 5.81. The average Bonchev–Trinajstić information content (AvgIpc) is 2.97. The number of nitrogens with one attached hydrogen (secondary N) is 1. The number of aromatic nitrogens is 2. The van der Waals surface area contributed by atoms with Crippen LogP contribution < -0.4 is 5.73 Å². The van der Waals surface area contributed by atoms with Gasteiger partial charge in [0.05, 0.1) is 12.8 Å². The Balaban J connectivity index is 2.18. The van der Waals surface area contributed by atoms with Crippen molar-refractivity contribution in [1.82, 2.24) is 14.5 Å². The molecule has 0 saturated carbocycles. The van der Waals surface area contributed by atoms with Gasteiger partial charge in [0, 0.05) is 32.3 Å². The highest BCUT2D eigenvalue weighted by molar-refractivity contribution is 7.89. The van der Waals surface area contributed by atoms with Gasteiger partial charge in [-0.2, -0.15) is 9.40 Å². The summed E-state index contributed by atoms with van der Waals surface area (Å²) in [5.74, 6) is 0.258. The van der Waals surface area contributed by atoms with Crippen LogP contribution in [0.5, 0.6) is 0 Å². The molecule has 3 N–H and O–H groups in total.